The van der Waals surface area contributed by atoms with Crippen molar-refractivity contribution in [1.82, 2.24) is 16.2 Å². The van der Waals surface area contributed by atoms with Crippen molar-refractivity contribution in [3.05, 3.63) is 24.3 Å². The van der Waals surface area contributed by atoms with Gasteiger partial charge >= 0.3 is 6.09 Å². The molecule has 0 saturated carbocycles. The zero-order chi connectivity index (χ0) is 19.3. The average molecular weight is 365 g/mol. The fraction of sp³-hybridized carbons (Fsp3) is 0.471. The van der Waals surface area contributed by atoms with E-state index in [1.165, 1.54) is 6.92 Å². The summed E-state index contributed by atoms with van der Waals surface area (Å²) in [5.74, 6) is -0.181. The number of hydrogen-bond acceptors (Lipinski definition) is 6. The molecule has 1 aromatic carbocycles. The van der Waals surface area contributed by atoms with Gasteiger partial charge in [-0.25, -0.2) is 4.79 Å². The lowest BCUT2D eigenvalue weighted by molar-refractivity contribution is -0.135. The van der Waals surface area contributed by atoms with Crippen LogP contribution in [0, 0.1) is 0 Å². The number of ether oxygens (including phenoxy) is 3. The van der Waals surface area contributed by atoms with E-state index in [0.29, 0.717) is 11.5 Å². The fourth-order valence-electron chi connectivity index (χ4n) is 2.01. The Kier molecular flexibility index (Phi) is 5.91. The van der Waals surface area contributed by atoms with Crippen molar-refractivity contribution in [1.29, 1.82) is 0 Å². The van der Waals surface area contributed by atoms with Gasteiger partial charge in [0.1, 0.15) is 18.2 Å². The highest BCUT2D eigenvalue weighted by atomic mass is 16.6. The molecule has 2 atom stereocenters. The normalized spacial score (nSPS) is 16.8. The lowest BCUT2D eigenvalue weighted by atomic mass is 10.2. The van der Waals surface area contributed by atoms with E-state index >= 15 is 0 Å². The molecule has 9 heteroatoms. The molecule has 0 bridgehead atoms. The third-order valence-corrected chi connectivity index (χ3v) is 3.24. The van der Waals surface area contributed by atoms with Crippen molar-refractivity contribution in [2.75, 3.05) is 6.61 Å². The zero-order valence-corrected chi connectivity index (χ0v) is 15.1. The number of para-hydroxylation sites is 2. The highest BCUT2D eigenvalue weighted by molar-refractivity contribution is 5.88. The molecular formula is C17H23N3O6. The van der Waals surface area contributed by atoms with Crippen molar-refractivity contribution in [2.45, 2.75) is 45.4 Å². The van der Waals surface area contributed by atoms with E-state index in [2.05, 4.69) is 16.2 Å². The van der Waals surface area contributed by atoms with Crippen LogP contribution in [0.15, 0.2) is 24.3 Å². The van der Waals surface area contributed by atoms with Crippen LogP contribution < -0.4 is 25.6 Å². The molecule has 0 aliphatic carbocycles. The van der Waals surface area contributed by atoms with Crippen LogP contribution in [0.5, 0.6) is 11.5 Å². The van der Waals surface area contributed by atoms with Crippen molar-refractivity contribution in [2.24, 2.45) is 0 Å². The Morgan fingerprint density at radius 3 is 2.46 bits per heavy atom. The van der Waals surface area contributed by atoms with E-state index < -0.39 is 35.7 Å². The summed E-state index contributed by atoms with van der Waals surface area (Å²) in [6.07, 6.45) is -1.63. The molecule has 0 fully saturated rings. The lowest BCUT2D eigenvalue weighted by Gasteiger charge is -2.26. The molecule has 3 N–H and O–H groups in total. The Morgan fingerprint density at radius 1 is 1.15 bits per heavy atom. The minimum absolute atomic E-state index is 0.0183. The van der Waals surface area contributed by atoms with E-state index in [1.54, 1.807) is 45.0 Å². The number of benzene rings is 1. The van der Waals surface area contributed by atoms with E-state index in [0.717, 1.165) is 0 Å². The van der Waals surface area contributed by atoms with Crippen LogP contribution in [0.25, 0.3) is 0 Å². The van der Waals surface area contributed by atoms with Gasteiger partial charge in [-0.1, -0.05) is 12.1 Å². The Hall–Kier alpha value is -2.97. The molecule has 1 aliphatic heterocycles. The quantitative estimate of drug-likeness (QED) is 0.685. The van der Waals surface area contributed by atoms with E-state index in [-0.39, 0.29) is 6.61 Å². The molecule has 26 heavy (non-hydrogen) atoms. The molecule has 0 spiro atoms. The summed E-state index contributed by atoms with van der Waals surface area (Å²) >= 11 is 0. The van der Waals surface area contributed by atoms with Gasteiger partial charge in [0.05, 0.1) is 0 Å². The third kappa shape index (κ3) is 5.54. The largest absolute Gasteiger partial charge is 0.485 e. The number of carbonyl (C=O) groups excluding carboxylic acids is 3. The molecular weight excluding hydrogens is 342 g/mol. The maximum absolute atomic E-state index is 12.1. The fourth-order valence-corrected chi connectivity index (χ4v) is 2.01. The Labute approximate surface area is 151 Å². The van der Waals surface area contributed by atoms with Crippen LogP contribution in [-0.4, -0.2) is 42.3 Å². The third-order valence-electron chi connectivity index (χ3n) is 3.24. The molecule has 1 unspecified atom stereocenters. The molecule has 0 saturated heterocycles. The molecule has 0 aromatic heterocycles. The molecule has 9 nitrogen and oxygen atoms in total. The first-order chi connectivity index (χ1) is 12.2. The van der Waals surface area contributed by atoms with Crippen LogP contribution >= 0.6 is 0 Å². The predicted molar refractivity (Wildman–Crippen MR) is 91.5 cm³/mol. The second kappa shape index (κ2) is 7.94. The summed E-state index contributed by atoms with van der Waals surface area (Å²) < 4.78 is 16.0. The van der Waals surface area contributed by atoms with E-state index in [4.69, 9.17) is 14.2 Å². The highest BCUT2D eigenvalue weighted by Gasteiger charge is 2.28. The number of hydrazine groups is 1. The maximum atomic E-state index is 12.1. The topological polar surface area (TPSA) is 115 Å². The van der Waals surface area contributed by atoms with Crippen LogP contribution in [0.1, 0.15) is 27.7 Å². The van der Waals surface area contributed by atoms with Gasteiger partial charge in [0.15, 0.2) is 11.5 Å². The van der Waals surface area contributed by atoms with Gasteiger partial charge in [-0.2, -0.15) is 0 Å². The summed E-state index contributed by atoms with van der Waals surface area (Å²) in [5.41, 5.74) is 3.80. The zero-order valence-electron chi connectivity index (χ0n) is 15.1. The Bertz CT molecular complexity index is 685. The van der Waals surface area contributed by atoms with Gasteiger partial charge in [0.25, 0.3) is 11.8 Å². The van der Waals surface area contributed by atoms with Gasteiger partial charge in [0, 0.05) is 0 Å². The van der Waals surface area contributed by atoms with Crippen LogP contribution in [0.4, 0.5) is 4.79 Å². The van der Waals surface area contributed by atoms with Gasteiger partial charge in [-0.05, 0) is 39.8 Å². The number of amides is 3. The minimum atomic E-state index is -0.908. The smallest absolute Gasteiger partial charge is 0.408 e. The molecule has 1 aromatic rings. The molecule has 1 heterocycles. The molecule has 2 rings (SSSR count). The Balaban J connectivity index is 1.78. The molecule has 1 aliphatic rings. The van der Waals surface area contributed by atoms with Crippen molar-refractivity contribution in [3.63, 3.8) is 0 Å². The van der Waals surface area contributed by atoms with Gasteiger partial charge in [0.2, 0.25) is 6.10 Å². The standard InChI is InChI=1S/C17H23N3O6/c1-10(18-16(23)26-17(2,3)4)14(21)19-20-15(22)13-9-24-11-7-5-6-8-12(11)25-13/h5-8,10,13H,9H2,1-4H3,(H,18,23)(H,19,21)(H,20,22)/t10-,13?/m1/s1. The van der Waals surface area contributed by atoms with Gasteiger partial charge in [-0.3, -0.25) is 20.4 Å². The second-order valence-electron chi connectivity index (χ2n) is 6.71. The monoisotopic (exact) mass is 365 g/mol. The minimum Gasteiger partial charge on any atom is -0.485 e. The predicted octanol–water partition coefficient (Wildman–Crippen LogP) is 0.887. The maximum Gasteiger partial charge on any atom is 0.408 e. The summed E-state index contributed by atoms with van der Waals surface area (Å²) in [4.78, 5) is 35.7. The van der Waals surface area contributed by atoms with Crippen molar-refractivity contribution in [3.8, 4) is 11.5 Å². The van der Waals surface area contributed by atoms with E-state index in [1.807, 2.05) is 0 Å². The van der Waals surface area contributed by atoms with Gasteiger partial charge < -0.3 is 19.5 Å². The average Bonchev–Trinajstić information content (AvgIpc) is 2.57. The number of rotatable bonds is 3. The number of nitrogens with one attached hydrogen (secondary N) is 3. The number of carbonyl (C=O) groups is 3. The molecule has 0 radical (unpaired) electrons. The summed E-state index contributed by atoms with van der Waals surface area (Å²) in [7, 11) is 0. The van der Waals surface area contributed by atoms with Gasteiger partial charge in [-0.15, -0.1) is 0 Å². The van der Waals surface area contributed by atoms with Crippen LogP contribution in [0.3, 0.4) is 0 Å². The van der Waals surface area contributed by atoms with Crippen molar-refractivity contribution < 1.29 is 28.6 Å². The van der Waals surface area contributed by atoms with Crippen LogP contribution in [0.2, 0.25) is 0 Å². The number of alkyl carbamates (subject to hydrolysis) is 1. The first-order valence-corrected chi connectivity index (χ1v) is 8.13. The highest BCUT2D eigenvalue weighted by Crippen LogP contribution is 2.30. The lowest BCUT2D eigenvalue weighted by Crippen LogP contribution is -2.55. The SMILES string of the molecule is C[C@@H](NC(=O)OC(C)(C)C)C(=O)NNC(=O)C1COc2ccccc2O1. The number of fused-ring (bicyclic) bond motifs is 1. The Morgan fingerprint density at radius 2 is 1.81 bits per heavy atom. The summed E-state index contributed by atoms with van der Waals surface area (Å²) in [5, 5.41) is 2.37. The first-order valence-electron chi connectivity index (χ1n) is 8.13. The summed E-state index contributed by atoms with van der Waals surface area (Å²) in [6, 6.07) is 6.06. The molecule has 3 amide bonds. The number of hydrogen-bond donors (Lipinski definition) is 3. The summed E-state index contributed by atoms with van der Waals surface area (Å²) in [6.45, 7) is 6.61. The first kappa shape index (κ1) is 19.4. The van der Waals surface area contributed by atoms with E-state index in [9.17, 15) is 14.4 Å². The van der Waals surface area contributed by atoms with Crippen LogP contribution in [-0.2, 0) is 14.3 Å². The second-order valence-corrected chi connectivity index (χ2v) is 6.71. The van der Waals surface area contributed by atoms with Crippen molar-refractivity contribution >= 4 is 17.9 Å². The molecule has 142 valence electrons.